The fraction of sp³-hybridized carbons (Fsp3) is 0.250. The molecule has 178 valence electrons. The van der Waals surface area contributed by atoms with E-state index < -0.39 is 0 Å². The Balaban J connectivity index is 1.36. The third kappa shape index (κ3) is 3.93. The van der Waals surface area contributed by atoms with Gasteiger partial charge in [0.15, 0.2) is 12.6 Å². The Bertz CT molecular complexity index is 1370. The van der Waals surface area contributed by atoms with Gasteiger partial charge in [-0.2, -0.15) is 0 Å². The van der Waals surface area contributed by atoms with Gasteiger partial charge >= 0.3 is 0 Å². The van der Waals surface area contributed by atoms with Gasteiger partial charge in [0.05, 0.1) is 17.7 Å². The molecule has 0 N–H and O–H groups in total. The Hall–Kier alpha value is -3.13. The van der Waals surface area contributed by atoms with E-state index in [1.54, 1.807) is 6.08 Å². The Morgan fingerprint density at radius 1 is 1.09 bits per heavy atom. The number of hydrogen-bond donors (Lipinski definition) is 0. The third-order valence-electron chi connectivity index (χ3n) is 6.77. The number of nitrogens with zero attached hydrogens (tertiary/aromatic N) is 1. The van der Waals surface area contributed by atoms with Crippen LogP contribution in [0.3, 0.4) is 0 Å². The number of rotatable bonds is 3. The highest BCUT2D eigenvalue weighted by molar-refractivity contribution is 9.10. The molecule has 3 aliphatic heterocycles. The van der Waals surface area contributed by atoms with Gasteiger partial charge in [0.2, 0.25) is 5.78 Å². The van der Waals surface area contributed by atoms with Crippen LogP contribution in [0.5, 0.6) is 17.2 Å². The molecule has 0 aliphatic carbocycles. The maximum atomic E-state index is 13.5. The number of benzene rings is 3. The molecule has 0 aromatic heterocycles. The topological polar surface area (TPSA) is 57.2 Å². The summed E-state index contributed by atoms with van der Waals surface area (Å²) in [5.74, 6) is 2.22. The van der Waals surface area contributed by atoms with Crippen molar-refractivity contribution in [2.45, 2.75) is 33.0 Å². The molecule has 35 heavy (non-hydrogen) atoms. The Morgan fingerprint density at radius 2 is 1.91 bits per heavy atom. The minimum absolute atomic E-state index is 0.130. The third-order valence-corrected chi connectivity index (χ3v) is 7.23. The van der Waals surface area contributed by atoms with E-state index in [4.69, 9.17) is 18.9 Å². The zero-order valence-corrected chi connectivity index (χ0v) is 21.1. The van der Waals surface area contributed by atoms with E-state index in [9.17, 15) is 4.79 Å². The first-order chi connectivity index (χ1) is 17.0. The number of fused-ring (bicyclic) bond motifs is 4. The number of aryl methyl sites for hydroxylation is 1. The molecule has 1 unspecified atom stereocenters. The largest absolute Gasteiger partial charge is 0.478 e. The highest BCUT2D eigenvalue weighted by atomic mass is 79.9. The average molecular weight is 534 g/mol. The first kappa shape index (κ1) is 22.3. The number of hydrogen-bond acceptors (Lipinski definition) is 6. The molecule has 0 bridgehead atoms. The lowest BCUT2D eigenvalue weighted by Gasteiger charge is -2.34. The summed E-state index contributed by atoms with van der Waals surface area (Å²) in [6.07, 6.45) is 1.76. The molecule has 0 radical (unpaired) electrons. The van der Waals surface area contributed by atoms with E-state index in [0.29, 0.717) is 36.9 Å². The lowest BCUT2D eigenvalue weighted by atomic mass is 9.97. The second-order valence-electron chi connectivity index (χ2n) is 9.01. The number of allylic oxidation sites excluding steroid dienone is 1. The number of carbonyl (C=O) groups is 1. The van der Waals surface area contributed by atoms with Crippen molar-refractivity contribution in [3.8, 4) is 17.2 Å². The van der Waals surface area contributed by atoms with Gasteiger partial charge in [0.1, 0.15) is 24.0 Å². The summed E-state index contributed by atoms with van der Waals surface area (Å²) in [7, 11) is 0. The SMILES string of the molecule is Cc1cc2c(c3c1C(=O)/C(=C/c1cc(Br)cc4c1OCOC4)O3)CN(C(C)c1ccccc1)CO2. The number of ketones is 1. The van der Waals surface area contributed by atoms with Crippen LogP contribution in [0.2, 0.25) is 0 Å². The summed E-state index contributed by atoms with van der Waals surface area (Å²) in [4.78, 5) is 15.7. The molecular formula is C28H24BrNO5. The van der Waals surface area contributed by atoms with Crippen LogP contribution < -0.4 is 14.2 Å². The summed E-state index contributed by atoms with van der Waals surface area (Å²) in [6, 6.07) is 16.3. The molecular weight excluding hydrogens is 510 g/mol. The Labute approximate surface area is 212 Å². The molecule has 0 spiro atoms. The molecule has 7 heteroatoms. The Morgan fingerprint density at radius 3 is 2.74 bits per heavy atom. The summed E-state index contributed by atoms with van der Waals surface area (Å²) < 4.78 is 24.4. The van der Waals surface area contributed by atoms with Crippen LogP contribution in [0, 0.1) is 6.92 Å². The van der Waals surface area contributed by atoms with Gasteiger partial charge in [0, 0.05) is 28.2 Å². The van der Waals surface area contributed by atoms with Crippen LogP contribution in [0.15, 0.2) is 58.8 Å². The van der Waals surface area contributed by atoms with Crippen molar-refractivity contribution in [2.24, 2.45) is 0 Å². The molecule has 3 aromatic carbocycles. The average Bonchev–Trinajstić information content (AvgIpc) is 3.20. The van der Waals surface area contributed by atoms with Gasteiger partial charge in [-0.25, -0.2) is 0 Å². The van der Waals surface area contributed by atoms with Gasteiger partial charge in [0.25, 0.3) is 0 Å². The van der Waals surface area contributed by atoms with E-state index in [0.717, 1.165) is 32.5 Å². The quantitative estimate of drug-likeness (QED) is 0.376. The standard InChI is InChI=1S/C28H24BrNO5/c1-16-8-23-22(12-30(14-33-23)17(2)18-6-4-3-5-7-18)28-25(16)26(31)24(35-28)11-19-9-21(29)10-20-13-32-15-34-27(19)20/h3-11,17H,12-15H2,1-2H3/b24-11-. The van der Waals surface area contributed by atoms with E-state index in [1.165, 1.54) is 5.56 Å². The minimum Gasteiger partial charge on any atom is -0.478 e. The normalized spacial score (nSPS) is 18.7. The monoisotopic (exact) mass is 533 g/mol. The molecule has 6 nitrogen and oxygen atoms in total. The van der Waals surface area contributed by atoms with Crippen LogP contribution in [0.4, 0.5) is 0 Å². The zero-order chi connectivity index (χ0) is 24.1. The molecule has 6 rings (SSSR count). The van der Waals surface area contributed by atoms with Crippen LogP contribution in [-0.2, 0) is 17.9 Å². The molecule has 0 amide bonds. The molecule has 3 heterocycles. The van der Waals surface area contributed by atoms with Crippen LogP contribution >= 0.6 is 15.9 Å². The number of ether oxygens (including phenoxy) is 4. The number of carbonyl (C=O) groups excluding carboxylic acids is 1. The fourth-order valence-electron chi connectivity index (χ4n) is 4.89. The van der Waals surface area contributed by atoms with Crippen molar-refractivity contribution >= 4 is 27.8 Å². The first-order valence-electron chi connectivity index (χ1n) is 11.5. The van der Waals surface area contributed by atoms with Crippen molar-refractivity contribution in [2.75, 3.05) is 13.5 Å². The summed E-state index contributed by atoms with van der Waals surface area (Å²) in [5, 5.41) is 0. The highest BCUT2D eigenvalue weighted by Gasteiger charge is 2.36. The van der Waals surface area contributed by atoms with Gasteiger partial charge in [-0.1, -0.05) is 46.3 Å². The van der Waals surface area contributed by atoms with Crippen molar-refractivity contribution in [1.82, 2.24) is 4.90 Å². The second-order valence-corrected chi connectivity index (χ2v) is 9.93. The van der Waals surface area contributed by atoms with Gasteiger partial charge < -0.3 is 18.9 Å². The van der Waals surface area contributed by atoms with Gasteiger partial charge in [-0.15, -0.1) is 0 Å². The van der Waals surface area contributed by atoms with Crippen molar-refractivity contribution in [1.29, 1.82) is 0 Å². The molecule has 3 aromatic rings. The highest BCUT2D eigenvalue weighted by Crippen LogP contribution is 2.45. The summed E-state index contributed by atoms with van der Waals surface area (Å²) >= 11 is 3.55. The van der Waals surface area contributed by atoms with Crippen LogP contribution in [0.25, 0.3) is 6.08 Å². The first-order valence-corrected chi connectivity index (χ1v) is 12.3. The second kappa shape index (κ2) is 8.82. The van der Waals surface area contributed by atoms with Crippen molar-refractivity contribution < 1.29 is 23.7 Å². The molecule has 1 atom stereocenters. The van der Waals surface area contributed by atoms with Gasteiger partial charge in [-0.3, -0.25) is 9.69 Å². The lowest BCUT2D eigenvalue weighted by molar-refractivity contribution is -0.0165. The van der Waals surface area contributed by atoms with E-state index in [1.807, 2.05) is 43.3 Å². The van der Waals surface area contributed by atoms with Crippen LogP contribution in [-0.4, -0.2) is 24.2 Å². The minimum atomic E-state index is -0.130. The number of Topliss-reactive ketones (excluding diaryl/α,β-unsaturated/α-hetero) is 1. The van der Waals surface area contributed by atoms with E-state index >= 15 is 0 Å². The van der Waals surface area contributed by atoms with Crippen molar-refractivity contribution in [3.63, 3.8) is 0 Å². The fourth-order valence-corrected chi connectivity index (χ4v) is 5.42. The molecule has 0 saturated carbocycles. The predicted octanol–water partition coefficient (Wildman–Crippen LogP) is 6.15. The van der Waals surface area contributed by atoms with Gasteiger partial charge in [-0.05, 0) is 49.2 Å². The van der Waals surface area contributed by atoms with E-state index in [-0.39, 0.29) is 24.4 Å². The Kier molecular flexibility index (Phi) is 5.63. The van der Waals surface area contributed by atoms with E-state index in [2.05, 4.69) is 39.9 Å². The smallest absolute Gasteiger partial charge is 0.232 e. The molecule has 3 aliphatic rings. The maximum Gasteiger partial charge on any atom is 0.232 e. The lowest BCUT2D eigenvalue weighted by Crippen LogP contribution is -2.34. The summed E-state index contributed by atoms with van der Waals surface area (Å²) in [6.45, 7) is 5.82. The zero-order valence-electron chi connectivity index (χ0n) is 19.5. The van der Waals surface area contributed by atoms with Crippen LogP contribution in [0.1, 0.15) is 51.1 Å². The number of halogens is 1. The van der Waals surface area contributed by atoms with Crippen molar-refractivity contribution in [3.05, 3.63) is 92.1 Å². The molecule has 0 saturated heterocycles. The predicted molar refractivity (Wildman–Crippen MR) is 134 cm³/mol. The molecule has 0 fully saturated rings. The summed E-state index contributed by atoms with van der Waals surface area (Å²) in [5.41, 5.74) is 5.25. The maximum absolute atomic E-state index is 13.5.